The highest BCUT2D eigenvalue weighted by Gasteiger charge is 2.60. The van der Waals surface area contributed by atoms with Gasteiger partial charge in [-0.1, -0.05) is 0 Å². The molecule has 4 saturated heterocycles. The van der Waals surface area contributed by atoms with Gasteiger partial charge in [0.15, 0.2) is 0 Å². The predicted molar refractivity (Wildman–Crippen MR) is 145 cm³/mol. The number of hydrogen-bond donors (Lipinski definition) is 1. The lowest BCUT2D eigenvalue weighted by atomic mass is 9.72. The zero-order chi connectivity index (χ0) is 33.7. The van der Waals surface area contributed by atoms with E-state index in [0.717, 1.165) is 29.9 Å². The molecule has 0 aliphatic carbocycles. The molecule has 4 fully saturated rings. The van der Waals surface area contributed by atoms with Gasteiger partial charge in [-0.05, 0) is 74.2 Å². The molecule has 8 nitrogen and oxygen atoms in total. The topological polar surface area (TPSA) is 76.6 Å². The van der Waals surface area contributed by atoms with Gasteiger partial charge in [-0.15, -0.1) is 0 Å². The Kier molecular flexibility index (Phi) is 9.16. The number of ether oxygens (including phenoxy) is 1. The second-order valence-corrected chi connectivity index (χ2v) is 13.0. The Morgan fingerprint density at radius 3 is 1.98 bits per heavy atom. The van der Waals surface area contributed by atoms with Crippen LogP contribution in [0.4, 0.5) is 50.0 Å². The number of likely N-dealkylation sites (tertiary alicyclic amines) is 3. The molecule has 5 rings (SSSR count). The molecule has 4 aliphatic heterocycles. The minimum atomic E-state index is -5.83. The third kappa shape index (κ3) is 7.44. The molecule has 17 heteroatoms. The number of benzene rings is 1. The first-order valence-electron chi connectivity index (χ1n) is 15.0. The van der Waals surface area contributed by atoms with Crippen LogP contribution in [-0.2, 0) is 22.3 Å². The number of rotatable bonds is 6. The molecule has 0 saturated carbocycles. The maximum atomic E-state index is 14.0. The molecule has 0 atom stereocenters. The average Bonchev–Trinajstić information content (AvgIpc) is 3.30. The molecule has 0 aromatic heterocycles. The Morgan fingerprint density at radius 2 is 1.43 bits per heavy atom. The number of amides is 1. The predicted octanol–water partition coefficient (Wildman–Crippen LogP) is 5.75. The smallest absolute Gasteiger partial charge is 0.434 e. The van der Waals surface area contributed by atoms with Crippen LogP contribution in [0, 0.1) is 5.41 Å². The van der Waals surface area contributed by atoms with Gasteiger partial charge in [-0.3, -0.25) is 14.6 Å². The molecule has 4 heterocycles. The summed E-state index contributed by atoms with van der Waals surface area (Å²) in [5.41, 5.74) is -0.576. The fraction of sp³-hybridized carbons (Fsp3) is 0.724. The van der Waals surface area contributed by atoms with Crippen LogP contribution in [-0.4, -0.2) is 108 Å². The lowest BCUT2D eigenvalue weighted by molar-refractivity contribution is -0.308. The van der Waals surface area contributed by atoms with Crippen LogP contribution in [0.2, 0.25) is 0 Å². The first-order valence-corrected chi connectivity index (χ1v) is 15.0. The third-order valence-corrected chi connectivity index (χ3v) is 9.85. The lowest BCUT2D eigenvalue weighted by Gasteiger charge is -2.54. The summed E-state index contributed by atoms with van der Waals surface area (Å²) in [5, 5.41) is 9.00. The molecule has 1 aromatic carbocycles. The highest BCUT2D eigenvalue weighted by Crippen LogP contribution is 2.44. The number of carboxylic acid groups (broad SMARTS) is 1. The Morgan fingerprint density at radius 1 is 0.826 bits per heavy atom. The van der Waals surface area contributed by atoms with Crippen molar-refractivity contribution in [3.63, 3.8) is 0 Å². The summed E-state index contributed by atoms with van der Waals surface area (Å²) in [6, 6.07) is 3.94. The largest absolute Gasteiger partial charge is 0.480 e. The molecule has 0 unspecified atom stereocenters. The number of piperidine rings is 2. The normalized spacial score (nSPS) is 22.5. The number of anilines is 1. The Labute approximate surface area is 259 Å². The number of hydrogen-bond acceptors (Lipinski definition) is 6. The van der Waals surface area contributed by atoms with Crippen molar-refractivity contribution in [1.29, 1.82) is 0 Å². The van der Waals surface area contributed by atoms with Crippen LogP contribution < -0.4 is 4.90 Å². The molecule has 46 heavy (non-hydrogen) atoms. The van der Waals surface area contributed by atoms with Gasteiger partial charge in [0.1, 0.15) is 0 Å². The molecule has 1 amide bonds. The number of nitrogens with zero attached hydrogens (tertiary/aromatic N) is 4. The summed E-state index contributed by atoms with van der Waals surface area (Å²) in [7, 11) is 0. The van der Waals surface area contributed by atoms with E-state index in [-0.39, 0.29) is 44.4 Å². The number of carbonyl (C=O) groups is 2. The van der Waals surface area contributed by atoms with Gasteiger partial charge in [0.25, 0.3) is 6.10 Å². The van der Waals surface area contributed by atoms with E-state index in [1.807, 2.05) is 14.7 Å². The molecule has 0 bridgehead atoms. The van der Waals surface area contributed by atoms with Crippen LogP contribution in [0.15, 0.2) is 18.2 Å². The van der Waals surface area contributed by atoms with E-state index < -0.39 is 47.8 Å². The monoisotopic (exact) mass is 674 g/mol. The first kappa shape index (κ1) is 34.4. The van der Waals surface area contributed by atoms with E-state index >= 15 is 0 Å². The number of alkyl halides is 9. The van der Waals surface area contributed by atoms with Crippen LogP contribution in [0.25, 0.3) is 0 Å². The van der Waals surface area contributed by atoms with Crippen molar-refractivity contribution < 1.29 is 58.9 Å². The fourth-order valence-electron chi connectivity index (χ4n) is 7.50. The number of halogens is 9. The number of aliphatic carboxylic acids is 1. The standard InChI is InChI=1S/C29H35F9N4O4/c30-27(31,32)20-12-19(13-21(14-20)40-8-3-25(4-9-40)17-39(18-25)16-22(43)44)15-42-7-1-2-26(42)5-10-41(11-6-26)24(45)46-23(28(33,34)35)29(36,37)38/h12-14,23H,1-11,15-18H2,(H,43,44). The molecule has 1 aromatic rings. The van der Waals surface area contributed by atoms with Gasteiger partial charge in [0, 0.05) is 57.0 Å². The zero-order valence-corrected chi connectivity index (χ0v) is 24.8. The zero-order valence-electron chi connectivity index (χ0n) is 24.8. The molecule has 4 aliphatic rings. The van der Waals surface area contributed by atoms with Gasteiger partial charge in [-0.25, -0.2) is 4.79 Å². The molecule has 258 valence electrons. The summed E-state index contributed by atoms with van der Waals surface area (Å²) in [6.45, 7) is 2.62. The second kappa shape index (κ2) is 12.3. The number of carboxylic acids is 1. The fourth-order valence-corrected chi connectivity index (χ4v) is 7.50. The van der Waals surface area contributed by atoms with Crippen molar-refractivity contribution >= 4 is 17.7 Å². The number of carbonyl (C=O) groups excluding carboxylic acids is 1. The molecule has 1 N–H and O–H groups in total. The van der Waals surface area contributed by atoms with Crippen molar-refractivity contribution in [2.75, 3.05) is 57.3 Å². The van der Waals surface area contributed by atoms with E-state index in [1.165, 1.54) is 0 Å². The van der Waals surface area contributed by atoms with Crippen molar-refractivity contribution in [1.82, 2.24) is 14.7 Å². The molecular weight excluding hydrogens is 639 g/mol. The van der Waals surface area contributed by atoms with E-state index in [1.54, 1.807) is 6.07 Å². The maximum absolute atomic E-state index is 14.0. The molecule has 0 radical (unpaired) electrons. The maximum Gasteiger partial charge on any atom is 0.434 e. The first-order chi connectivity index (χ1) is 21.3. The summed E-state index contributed by atoms with van der Waals surface area (Å²) in [6.07, 6.45) is -19.1. The van der Waals surface area contributed by atoms with E-state index in [2.05, 4.69) is 4.74 Å². The molecular formula is C29H35F9N4O4. The third-order valence-electron chi connectivity index (χ3n) is 9.85. The second-order valence-electron chi connectivity index (χ2n) is 13.0. The minimum Gasteiger partial charge on any atom is -0.480 e. The summed E-state index contributed by atoms with van der Waals surface area (Å²) >= 11 is 0. The van der Waals surface area contributed by atoms with E-state index in [4.69, 9.17) is 5.11 Å². The van der Waals surface area contributed by atoms with Crippen LogP contribution in [0.1, 0.15) is 49.7 Å². The minimum absolute atomic E-state index is 0.0416. The highest BCUT2D eigenvalue weighted by molar-refractivity contribution is 5.69. The Bertz CT molecular complexity index is 1260. The van der Waals surface area contributed by atoms with Gasteiger partial charge in [-0.2, -0.15) is 39.5 Å². The van der Waals surface area contributed by atoms with E-state index in [0.29, 0.717) is 56.8 Å². The van der Waals surface area contributed by atoms with Gasteiger partial charge in [0.05, 0.1) is 12.1 Å². The van der Waals surface area contributed by atoms with Gasteiger partial charge < -0.3 is 19.6 Å². The highest BCUT2D eigenvalue weighted by atomic mass is 19.4. The van der Waals surface area contributed by atoms with Crippen molar-refractivity contribution in [2.24, 2.45) is 5.41 Å². The summed E-state index contributed by atoms with van der Waals surface area (Å²) in [5.74, 6) is -0.906. The van der Waals surface area contributed by atoms with Gasteiger partial charge in [0.2, 0.25) is 0 Å². The summed E-state index contributed by atoms with van der Waals surface area (Å²) < 4.78 is 123. The van der Waals surface area contributed by atoms with Crippen molar-refractivity contribution in [3.8, 4) is 0 Å². The summed E-state index contributed by atoms with van der Waals surface area (Å²) in [4.78, 5) is 29.8. The average molecular weight is 675 g/mol. The van der Waals surface area contributed by atoms with Crippen LogP contribution in [0.3, 0.4) is 0 Å². The van der Waals surface area contributed by atoms with Gasteiger partial charge >= 0.3 is 30.6 Å². The SMILES string of the molecule is O=C(O)CN1CC2(CCN(c3cc(CN4CCCC45CCN(C(=O)OC(C(F)(F)F)C(F)(F)F)CC5)cc(C(F)(F)F)c3)CC2)C1. The Hall–Kier alpha value is -2.95. The van der Waals surface area contributed by atoms with E-state index in [9.17, 15) is 49.1 Å². The van der Waals surface area contributed by atoms with Crippen LogP contribution >= 0.6 is 0 Å². The van der Waals surface area contributed by atoms with Crippen molar-refractivity contribution in [3.05, 3.63) is 29.3 Å². The quantitative estimate of drug-likeness (QED) is 0.386. The van der Waals surface area contributed by atoms with Crippen molar-refractivity contribution in [2.45, 2.75) is 75.2 Å². The Balaban J connectivity index is 1.24. The molecule has 2 spiro atoms. The van der Waals surface area contributed by atoms with Crippen LogP contribution in [0.5, 0.6) is 0 Å². The lowest BCUT2D eigenvalue weighted by Crippen LogP contribution is -2.61.